The highest BCUT2D eigenvalue weighted by molar-refractivity contribution is 5.93. The van der Waals surface area contributed by atoms with Gasteiger partial charge in [-0.2, -0.15) is 5.10 Å². The predicted molar refractivity (Wildman–Crippen MR) is 85.5 cm³/mol. The molecule has 22 heavy (non-hydrogen) atoms. The molecule has 2 heterocycles. The topological polar surface area (TPSA) is 76.2 Å². The average Bonchev–Trinajstić information content (AvgIpc) is 2.92. The van der Waals surface area contributed by atoms with Crippen molar-refractivity contribution in [3.8, 4) is 0 Å². The van der Waals surface area contributed by atoms with Gasteiger partial charge in [-0.15, -0.1) is 0 Å². The lowest BCUT2D eigenvalue weighted by Crippen LogP contribution is -2.34. The fraction of sp³-hybridized carbons (Fsp3) is 0.375. The van der Waals surface area contributed by atoms with E-state index in [9.17, 15) is 4.79 Å². The first-order chi connectivity index (χ1) is 10.6. The maximum Gasteiger partial charge on any atom is 0.286 e. The Labute approximate surface area is 129 Å². The molecular weight excluding hydrogens is 278 g/mol. The largest absolute Gasteiger partial charge is 0.367 e. The second-order valence-corrected chi connectivity index (χ2v) is 5.57. The number of benzene rings is 1. The molecule has 1 aliphatic rings. The van der Waals surface area contributed by atoms with Gasteiger partial charge in [0.05, 0.1) is 0 Å². The summed E-state index contributed by atoms with van der Waals surface area (Å²) >= 11 is 0. The molecule has 116 valence electrons. The number of hydrogen-bond acceptors (Lipinski definition) is 4. The van der Waals surface area contributed by atoms with Gasteiger partial charge in [-0.3, -0.25) is 14.9 Å². The minimum absolute atomic E-state index is 0.324. The molecule has 0 fully saturated rings. The van der Waals surface area contributed by atoms with E-state index in [2.05, 4.69) is 46.6 Å². The number of nitrogens with zero attached hydrogens (tertiary/aromatic N) is 3. The van der Waals surface area contributed by atoms with Gasteiger partial charge in [-0.1, -0.05) is 12.1 Å². The summed E-state index contributed by atoms with van der Waals surface area (Å²) in [5.41, 5.74) is 7.17. The number of nitrogens with two attached hydrogens (primary N) is 1. The molecule has 6 heteroatoms. The van der Waals surface area contributed by atoms with Gasteiger partial charge in [-0.05, 0) is 31.5 Å². The minimum Gasteiger partial charge on any atom is -0.367 e. The van der Waals surface area contributed by atoms with Crippen LogP contribution in [-0.2, 0) is 19.5 Å². The summed E-state index contributed by atoms with van der Waals surface area (Å²) in [5.74, 6) is 4.97. The van der Waals surface area contributed by atoms with Crippen LogP contribution in [0.3, 0.4) is 0 Å². The summed E-state index contributed by atoms with van der Waals surface area (Å²) in [6, 6.07) is 8.41. The average molecular weight is 299 g/mol. The monoisotopic (exact) mass is 299 g/mol. The van der Waals surface area contributed by atoms with E-state index in [-0.39, 0.29) is 5.91 Å². The molecule has 1 aromatic carbocycles. The van der Waals surface area contributed by atoms with E-state index < -0.39 is 0 Å². The molecule has 0 bridgehead atoms. The van der Waals surface area contributed by atoms with Gasteiger partial charge in [0.1, 0.15) is 0 Å². The summed E-state index contributed by atoms with van der Waals surface area (Å²) < 4.78 is 1.91. The van der Waals surface area contributed by atoms with E-state index in [1.165, 1.54) is 11.3 Å². The molecule has 2 aromatic rings. The van der Waals surface area contributed by atoms with E-state index in [0.717, 1.165) is 30.8 Å². The Bertz CT molecular complexity index is 707. The molecular formula is C16H21N5O. The highest BCUT2D eigenvalue weighted by Gasteiger charge is 2.27. The van der Waals surface area contributed by atoms with Crippen molar-refractivity contribution in [1.29, 1.82) is 0 Å². The lowest BCUT2D eigenvalue weighted by molar-refractivity contribution is 0.0947. The molecule has 0 aliphatic carbocycles. The Hall–Kier alpha value is -2.34. The maximum absolute atomic E-state index is 12.0. The molecule has 6 nitrogen and oxygen atoms in total. The number of carbonyl (C=O) groups is 1. The molecule has 1 amide bonds. The summed E-state index contributed by atoms with van der Waals surface area (Å²) in [5, 5.41) is 4.42. The van der Waals surface area contributed by atoms with Crippen LogP contribution in [0.15, 0.2) is 24.3 Å². The Kier molecular flexibility index (Phi) is 3.85. The third kappa shape index (κ3) is 2.46. The van der Waals surface area contributed by atoms with Crippen LogP contribution in [0.1, 0.15) is 34.2 Å². The van der Waals surface area contributed by atoms with E-state index in [4.69, 9.17) is 5.84 Å². The van der Waals surface area contributed by atoms with Crippen LogP contribution >= 0.6 is 0 Å². The minimum atomic E-state index is -0.324. The second-order valence-electron chi connectivity index (χ2n) is 5.57. The standard InChI is InChI=1S/C16H21N5O/c1-3-21-14-7-8-20(12-6-4-5-11(2)9-12)10-13(14)15(19-21)16(22)18-17/h4-6,9H,3,7-8,10,17H2,1-2H3,(H,18,22). The number of rotatable bonds is 3. The molecule has 1 aromatic heterocycles. The number of anilines is 1. The van der Waals surface area contributed by atoms with E-state index >= 15 is 0 Å². The molecule has 1 aliphatic heterocycles. The van der Waals surface area contributed by atoms with E-state index in [1.807, 2.05) is 11.6 Å². The number of aryl methyl sites for hydroxylation is 2. The number of fused-ring (bicyclic) bond motifs is 1. The van der Waals surface area contributed by atoms with E-state index in [0.29, 0.717) is 12.2 Å². The van der Waals surface area contributed by atoms with Crippen LogP contribution in [0.25, 0.3) is 0 Å². The fourth-order valence-electron chi connectivity index (χ4n) is 3.05. The van der Waals surface area contributed by atoms with Crippen LogP contribution in [0.4, 0.5) is 5.69 Å². The highest BCUT2D eigenvalue weighted by atomic mass is 16.2. The zero-order chi connectivity index (χ0) is 15.7. The summed E-state index contributed by atoms with van der Waals surface area (Å²) in [6.45, 7) is 6.48. The molecule has 0 radical (unpaired) electrons. The van der Waals surface area contributed by atoms with Gasteiger partial charge in [0, 0.05) is 43.0 Å². The number of aromatic nitrogens is 2. The molecule has 0 unspecified atom stereocenters. The highest BCUT2D eigenvalue weighted by Crippen LogP contribution is 2.27. The van der Waals surface area contributed by atoms with Crippen molar-refractivity contribution in [3.63, 3.8) is 0 Å². The molecule has 3 rings (SSSR count). The molecule has 0 atom stereocenters. The number of carbonyl (C=O) groups excluding carboxylic acids is 1. The number of nitrogen functional groups attached to an aromatic ring is 1. The number of hydrogen-bond donors (Lipinski definition) is 2. The number of nitrogens with one attached hydrogen (secondary N) is 1. The number of amides is 1. The van der Waals surface area contributed by atoms with Crippen LogP contribution in [0.2, 0.25) is 0 Å². The summed E-state index contributed by atoms with van der Waals surface area (Å²) in [6.07, 6.45) is 0.877. The smallest absolute Gasteiger partial charge is 0.286 e. The molecule has 0 spiro atoms. The van der Waals surface area contributed by atoms with Gasteiger partial charge < -0.3 is 4.90 Å². The van der Waals surface area contributed by atoms with Crippen LogP contribution < -0.4 is 16.2 Å². The van der Waals surface area contributed by atoms with Gasteiger partial charge in [0.2, 0.25) is 0 Å². The first-order valence-electron chi connectivity index (χ1n) is 7.55. The van der Waals surface area contributed by atoms with Gasteiger partial charge in [-0.25, -0.2) is 5.84 Å². The van der Waals surface area contributed by atoms with Gasteiger partial charge >= 0.3 is 0 Å². The van der Waals surface area contributed by atoms with Crippen molar-refractivity contribution >= 4 is 11.6 Å². The molecule has 3 N–H and O–H groups in total. The zero-order valence-corrected chi connectivity index (χ0v) is 13.0. The Morgan fingerprint density at radius 3 is 2.95 bits per heavy atom. The maximum atomic E-state index is 12.0. The van der Waals surface area contributed by atoms with Gasteiger partial charge in [0.15, 0.2) is 5.69 Å². The second kappa shape index (κ2) is 5.81. The first-order valence-corrected chi connectivity index (χ1v) is 7.55. The normalized spacial score (nSPS) is 13.9. The number of hydrazine groups is 1. The van der Waals surface area contributed by atoms with Crippen molar-refractivity contribution in [2.24, 2.45) is 5.84 Å². The van der Waals surface area contributed by atoms with Crippen LogP contribution in [-0.4, -0.2) is 22.2 Å². The third-order valence-corrected chi connectivity index (χ3v) is 4.15. The molecule has 0 saturated carbocycles. The van der Waals surface area contributed by atoms with Crippen LogP contribution in [0, 0.1) is 6.92 Å². The summed E-state index contributed by atoms with van der Waals surface area (Å²) in [7, 11) is 0. The van der Waals surface area contributed by atoms with Crippen molar-refractivity contribution < 1.29 is 4.79 Å². The van der Waals surface area contributed by atoms with Crippen molar-refractivity contribution in [2.45, 2.75) is 33.4 Å². The van der Waals surface area contributed by atoms with E-state index in [1.54, 1.807) is 0 Å². The quantitative estimate of drug-likeness (QED) is 0.510. The van der Waals surface area contributed by atoms with Crippen molar-refractivity contribution in [3.05, 3.63) is 46.8 Å². The van der Waals surface area contributed by atoms with Crippen molar-refractivity contribution in [1.82, 2.24) is 15.2 Å². The van der Waals surface area contributed by atoms with Crippen LogP contribution in [0.5, 0.6) is 0 Å². The Balaban J connectivity index is 1.97. The SMILES string of the molecule is CCn1nc(C(=O)NN)c2c1CCN(c1cccc(C)c1)C2. The molecule has 0 saturated heterocycles. The lowest BCUT2D eigenvalue weighted by Gasteiger charge is -2.30. The Morgan fingerprint density at radius 1 is 1.45 bits per heavy atom. The van der Waals surface area contributed by atoms with Gasteiger partial charge in [0.25, 0.3) is 5.91 Å². The summed E-state index contributed by atoms with van der Waals surface area (Å²) in [4.78, 5) is 14.3. The Morgan fingerprint density at radius 2 is 2.27 bits per heavy atom. The first kappa shape index (κ1) is 14.6. The zero-order valence-electron chi connectivity index (χ0n) is 13.0. The predicted octanol–water partition coefficient (Wildman–Crippen LogP) is 1.38. The third-order valence-electron chi connectivity index (χ3n) is 4.15. The lowest BCUT2D eigenvalue weighted by atomic mass is 10.0. The fourth-order valence-corrected chi connectivity index (χ4v) is 3.05. The van der Waals surface area contributed by atoms with Crippen molar-refractivity contribution in [2.75, 3.05) is 11.4 Å².